The van der Waals surface area contributed by atoms with Gasteiger partial charge in [0.25, 0.3) is 0 Å². The zero-order valence-electron chi connectivity index (χ0n) is 3.52. The molecule has 0 unspecified atom stereocenters. The van der Waals surface area contributed by atoms with E-state index in [0.717, 1.165) is 6.42 Å². The van der Waals surface area contributed by atoms with Gasteiger partial charge in [0.1, 0.15) is 0 Å². The van der Waals surface area contributed by atoms with Gasteiger partial charge >= 0.3 is 0 Å². The van der Waals surface area contributed by atoms with Gasteiger partial charge in [-0.05, 0) is 18.9 Å². The highest BCUT2D eigenvalue weighted by molar-refractivity contribution is 5.10. The van der Waals surface area contributed by atoms with Gasteiger partial charge in [-0.1, -0.05) is 18.2 Å². The molecule has 0 heteroatoms. The highest BCUT2D eigenvalue weighted by atomic mass is 13.8. The molecule has 1 aliphatic carbocycles. The summed E-state index contributed by atoms with van der Waals surface area (Å²) in [5, 5.41) is 0. The first-order valence-electron chi connectivity index (χ1n) is 2.06. The average Bonchev–Trinajstić information content (AvgIpc) is 1.72. The minimum Gasteiger partial charge on any atom is -0.0839 e. The van der Waals surface area contributed by atoms with Crippen molar-refractivity contribution in [2.24, 2.45) is 0 Å². The van der Waals surface area contributed by atoms with Crippen LogP contribution in [0.1, 0.15) is 6.42 Å². The van der Waals surface area contributed by atoms with E-state index < -0.39 is 0 Å². The van der Waals surface area contributed by atoms with Crippen molar-refractivity contribution in [2.75, 3.05) is 0 Å². The van der Waals surface area contributed by atoms with Gasteiger partial charge in [0.05, 0.1) is 0 Å². The smallest absolute Gasteiger partial charge is 0.00525 e. The third-order valence-corrected chi connectivity index (χ3v) is 0.700. The minimum absolute atomic E-state index is 1.05. The SMILES string of the molecule is [C]1=CC=CC[CH]1. The van der Waals surface area contributed by atoms with Gasteiger partial charge in [-0.15, -0.1) is 0 Å². The first-order valence-corrected chi connectivity index (χ1v) is 2.06. The Morgan fingerprint density at radius 3 is 2.67 bits per heavy atom. The highest BCUT2D eigenvalue weighted by Crippen LogP contribution is 1.95. The van der Waals surface area contributed by atoms with Crippen LogP contribution in [0.3, 0.4) is 0 Å². The van der Waals surface area contributed by atoms with Gasteiger partial charge in [-0.2, -0.15) is 0 Å². The molecule has 0 saturated heterocycles. The summed E-state index contributed by atoms with van der Waals surface area (Å²) in [5.74, 6) is 0. The summed E-state index contributed by atoms with van der Waals surface area (Å²) in [6.07, 6.45) is 12.0. The van der Waals surface area contributed by atoms with E-state index >= 15 is 0 Å². The molecular formula is C6H6. The van der Waals surface area contributed by atoms with Crippen molar-refractivity contribution >= 4 is 0 Å². The number of hydrogen-bond donors (Lipinski definition) is 0. The predicted molar refractivity (Wildman–Crippen MR) is 25.9 cm³/mol. The molecular weight excluding hydrogens is 72.1 g/mol. The van der Waals surface area contributed by atoms with E-state index in [0.29, 0.717) is 0 Å². The lowest BCUT2D eigenvalue weighted by molar-refractivity contribution is 1.24. The van der Waals surface area contributed by atoms with Gasteiger partial charge in [-0.25, -0.2) is 0 Å². The molecule has 0 aromatic rings. The fourth-order valence-electron chi connectivity index (χ4n) is 0.406. The molecule has 0 fully saturated rings. The molecule has 2 radical (unpaired) electrons. The predicted octanol–water partition coefficient (Wildman–Crippen LogP) is 1.51. The molecule has 0 nitrogen and oxygen atoms in total. The van der Waals surface area contributed by atoms with Crippen LogP contribution in [-0.4, -0.2) is 0 Å². The molecule has 0 aliphatic heterocycles. The van der Waals surface area contributed by atoms with E-state index in [-0.39, 0.29) is 0 Å². The van der Waals surface area contributed by atoms with E-state index in [9.17, 15) is 0 Å². The van der Waals surface area contributed by atoms with Crippen LogP contribution in [0.2, 0.25) is 0 Å². The summed E-state index contributed by atoms with van der Waals surface area (Å²) in [4.78, 5) is 0. The first kappa shape index (κ1) is 3.66. The topological polar surface area (TPSA) is 0 Å². The third-order valence-electron chi connectivity index (χ3n) is 0.700. The second-order valence-electron chi connectivity index (χ2n) is 1.20. The Hall–Kier alpha value is -0.520. The van der Waals surface area contributed by atoms with Crippen LogP contribution in [0, 0.1) is 12.5 Å². The number of rotatable bonds is 0. The Kier molecular flexibility index (Phi) is 1.10. The molecule has 0 heterocycles. The van der Waals surface area contributed by atoms with Crippen LogP contribution in [0.5, 0.6) is 0 Å². The summed E-state index contributed by atoms with van der Waals surface area (Å²) >= 11 is 0. The van der Waals surface area contributed by atoms with Crippen molar-refractivity contribution in [1.29, 1.82) is 0 Å². The lowest BCUT2D eigenvalue weighted by Gasteiger charge is -1.86. The van der Waals surface area contributed by atoms with Crippen LogP contribution < -0.4 is 0 Å². The van der Waals surface area contributed by atoms with Gasteiger partial charge < -0.3 is 0 Å². The van der Waals surface area contributed by atoms with Crippen LogP contribution in [-0.2, 0) is 0 Å². The third kappa shape index (κ3) is 0.713. The molecule has 1 aliphatic rings. The van der Waals surface area contributed by atoms with E-state index in [1.54, 1.807) is 0 Å². The van der Waals surface area contributed by atoms with Gasteiger partial charge in [0.15, 0.2) is 0 Å². The highest BCUT2D eigenvalue weighted by Gasteiger charge is 1.79. The lowest BCUT2D eigenvalue weighted by atomic mass is 10.2. The number of hydrogen-bond acceptors (Lipinski definition) is 0. The van der Waals surface area contributed by atoms with Gasteiger partial charge in [0.2, 0.25) is 0 Å². The zero-order chi connectivity index (χ0) is 4.24. The van der Waals surface area contributed by atoms with Crippen molar-refractivity contribution in [2.45, 2.75) is 6.42 Å². The zero-order valence-corrected chi connectivity index (χ0v) is 3.52. The Morgan fingerprint density at radius 2 is 2.50 bits per heavy atom. The number of allylic oxidation sites excluding steroid dienone is 4. The molecule has 0 N–H and O–H groups in total. The lowest BCUT2D eigenvalue weighted by Crippen LogP contribution is -1.70. The van der Waals surface area contributed by atoms with Crippen LogP contribution >= 0.6 is 0 Å². The largest absolute Gasteiger partial charge is 0.0839 e. The minimum atomic E-state index is 1.05. The van der Waals surface area contributed by atoms with Crippen LogP contribution in [0.25, 0.3) is 0 Å². The molecule has 0 saturated carbocycles. The summed E-state index contributed by atoms with van der Waals surface area (Å²) in [6, 6.07) is 0. The molecule has 0 bridgehead atoms. The first-order chi connectivity index (χ1) is 3.00. The fraction of sp³-hybridized carbons (Fsp3) is 0.167. The van der Waals surface area contributed by atoms with Gasteiger partial charge in [-0.3, -0.25) is 0 Å². The maximum atomic E-state index is 2.95. The molecule has 0 atom stereocenters. The van der Waals surface area contributed by atoms with Crippen LogP contribution in [0.15, 0.2) is 18.2 Å². The van der Waals surface area contributed by atoms with Crippen molar-refractivity contribution < 1.29 is 0 Å². The maximum Gasteiger partial charge on any atom is -0.00525 e. The van der Waals surface area contributed by atoms with E-state index in [1.165, 1.54) is 0 Å². The molecule has 0 amide bonds. The molecule has 6 heavy (non-hydrogen) atoms. The van der Waals surface area contributed by atoms with Gasteiger partial charge in [0, 0.05) is 0 Å². The summed E-state index contributed by atoms with van der Waals surface area (Å²) in [6.45, 7) is 0. The normalized spacial score (nSPS) is 18.7. The Morgan fingerprint density at radius 1 is 1.50 bits per heavy atom. The van der Waals surface area contributed by atoms with Crippen molar-refractivity contribution in [3.63, 3.8) is 0 Å². The quantitative estimate of drug-likeness (QED) is 0.412. The Balaban J connectivity index is 2.46. The molecule has 0 aromatic carbocycles. The Labute approximate surface area is 38.2 Å². The molecule has 30 valence electrons. The fourth-order valence-corrected chi connectivity index (χ4v) is 0.406. The van der Waals surface area contributed by atoms with Crippen molar-refractivity contribution in [1.82, 2.24) is 0 Å². The average molecular weight is 78.1 g/mol. The summed E-state index contributed by atoms with van der Waals surface area (Å²) in [5.41, 5.74) is 0. The van der Waals surface area contributed by atoms with E-state index in [1.807, 2.05) is 18.6 Å². The Bertz CT molecular complexity index is 66.0. The molecule has 0 aromatic heterocycles. The van der Waals surface area contributed by atoms with Crippen molar-refractivity contribution in [3.8, 4) is 0 Å². The van der Waals surface area contributed by atoms with Crippen molar-refractivity contribution in [3.05, 3.63) is 30.7 Å². The molecule has 0 spiro atoms. The summed E-state index contributed by atoms with van der Waals surface area (Å²) in [7, 11) is 0. The summed E-state index contributed by atoms with van der Waals surface area (Å²) < 4.78 is 0. The standard InChI is InChI=1S/C6H6/c1-2-4-6-5-3-1/h1-3,6H,4H2. The molecule has 1 rings (SSSR count). The van der Waals surface area contributed by atoms with Crippen LogP contribution in [0.4, 0.5) is 0 Å². The second-order valence-corrected chi connectivity index (χ2v) is 1.20. The van der Waals surface area contributed by atoms with E-state index in [4.69, 9.17) is 0 Å². The monoisotopic (exact) mass is 78.0 g/mol. The maximum absolute atomic E-state index is 2.95. The second kappa shape index (κ2) is 1.81. The van der Waals surface area contributed by atoms with E-state index in [2.05, 4.69) is 12.2 Å².